The Balaban J connectivity index is 1.36. The molecule has 0 aromatic heterocycles. The first kappa shape index (κ1) is 19.9. The minimum atomic E-state index is 0.0345. The second-order valence-electron chi connectivity index (χ2n) is 9.68. The van der Waals surface area contributed by atoms with Gasteiger partial charge in [-0.05, 0) is 84.2 Å². The molecule has 0 radical (unpaired) electrons. The van der Waals surface area contributed by atoms with E-state index in [1.54, 1.807) is 0 Å². The molecule has 3 nitrogen and oxygen atoms in total. The third kappa shape index (κ3) is 4.44. The summed E-state index contributed by atoms with van der Waals surface area (Å²) in [6.45, 7) is 8.63. The van der Waals surface area contributed by atoms with Crippen molar-refractivity contribution in [1.82, 2.24) is 5.43 Å². The third-order valence-corrected chi connectivity index (χ3v) is 6.43. The highest BCUT2D eigenvalue weighted by molar-refractivity contribution is 5.99. The molecular weight excluding hydrogens is 356 g/mol. The van der Waals surface area contributed by atoms with Gasteiger partial charge in [0.15, 0.2) is 0 Å². The van der Waals surface area contributed by atoms with Crippen molar-refractivity contribution < 1.29 is 4.79 Å². The van der Waals surface area contributed by atoms with E-state index in [9.17, 15) is 4.79 Å². The van der Waals surface area contributed by atoms with E-state index in [0.717, 1.165) is 24.1 Å². The Morgan fingerprint density at radius 2 is 1.69 bits per heavy atom. The summed E-state index contributed by atoms with van der Waals surface area (Å²) in [6, 6.07) is 15.4. The molecule has 2 aromatic rings. The van der Waals surface area contributed by atoms with Crippen LogP contribution in [0.3, 0.4) is 0 Å². The van der Waals surface area contributed by atoms with Gasteiger partial charge in [-0.1, -0.05) is 57.2 Å². The normalized spacial score (nSPS) is 21.4. The van der Waals surface area contributed by atoms with Gasteiger partial charge in [0.2, 0.25) is 5.91 Å². The largest absolute Gasteiger partial charge is 0.273 e. The Kier molecular flexibility index (Phi) is 5.33. The number of fused-ring (bicyclic) bond motifs is 1. The van der Waals surface area contributed by atoms with Crippen LogP contribution >= 0.6 is 0 Å². The summed E-state index contributed by atoms with van der Waals surface area (Å²) in [5.41, 5.74) is 10.4. The van der Waals surface area contributed by atoms with E-state index in [2.05, 4.69) is 73.8 Å². The number of carbonyl (C=O) groups excluding carboxylic acids is 1. The van der Waals surface area contributed by atoms with Gasteiger partial charge in [-0.2, -0.15) is 5.10 Å². The molecule has 3 heteroatoms. The van der Waals surface area contributed by atoms with Gasteiger partial charge in [0.05, 0.1) is 5.71 Å². The van der Waals surface area contributed by atoms with E-state index in [1.165, 1.54) is 41.5 Å². The lowest BCUT2D eigenvalue weighted by Gasteiger charge is -2.19. The first-order valence-corrected chi connectivity index (χ1v) is 10.9. The number of benzene rings is 2. The number of nitrogens with zero attached hydrogens (tertiary/aromatic N) is 1. The van der Waals surface area contributed by atoms with Crippen molar-refractivity contribution in [2.45, 2.75) is 71.1 Å². The molecule has 1 fully saturated rings. The van der Waals surface area contributed by atoms with Crippen LogP contribution in [-0.2, 0) is 23.1 Å². The minimum absolute atomic E-state index is 0.0345. The smallest absolute Gasteiger partial charge is 0.243 e. The molecule has 0 spiro atoms. The lowest BCUT2D eigenvalue weighted by Crippen LogP contribution is -2.21. The van der Waals surface area contributed by atoms with Crippen LogP contribution in [0.1, 0.15) is 80.7 Å². The molecule has 0 heterocycles. The first-order chi connectivity index (χ1) is 13.8. The van der Waals surface area contributed by atoms with Crippen molar-refractivity contribution in [2.24, 2.45) is 11.0 Å². The minimum Gasteiger partial charge on any atom is -0.273 e. The molecule has 2 aliphatic rings. The van der Waals surface area contributed by atoms with Gasteiger partial charge in [-0.25, -0.2) is 5.43 Å². The molecule has 2 atom stereocenters. The summed E-state index contributed by atoms with van der Waals surface area (Å²) in [6.07, 6.45) is 5.80. The van der Waals surface area contributed by atoms with Gasteiger partial charge >= 0.3 is 0 Å². The van der Waals surface area contributed by atoms with Gasteiger partial charge < -0.3 is 0 Å². The third-order valence-electron chi connectivity index (χ3n) is 6.43. The molecule has 0 unspecified atom stereocenters. The molecular formula is C26H32N2O. The molecule has 0 aliphatic heterocycles. The Morgan fingerprint density at radius 3 is 2.38 bits per heavy atom. The first-order valence-electron chi connectivity index (χ1n) is 10.9. The fraction of sp³-hybridized carbons (Fsp3) is 0.462. The highest BCUT2D eigenvalue weighted by atomic mass is 16.2. The Labute approximate surface area is 174 Å². The SMILES string of the molecule is CC(=NNC(=O)[C@H]1C[C@H]1c1ccc(C(C)(C)C)cc1)c1ccc2c(c1)CCCC2. The van der Waals surface area contributed by atoms with Crippen LogP contribution < -0.4 is 5.43 Å². The molecule has 1 amide bonds. The van der Waals surface area contributed by atoms with Crippen LogP contribution in [0.5, 0.6) is 0 Å². The van der Waals surface area contributed by atoms with E-state index in [1.807, 2.05) is 6.92 Å². The zero-order valence-electron chi connectivity index (χ0n) is 18.1. The summed E-state index contributed by atoms with van der Waals surface area (Å²) in [7, 11) is 0. The number of aryl methyl sites for hydroxylation is 2. The zero-order valence-corrected chi connectivity index (χ0v) is 18.1. The van der Waals surface area contributed by atoms with E-state index in [-0.39, 0.29) is 17.2 Å². The molecule has 0 bridgehead atoms. The summed E-state index contributed by atoms with van der Waals surface area (Å²) in [4.78, 5) is 12.6. The maximum Gasteiger partial charge on any atom is 0.243 e. The number of rotatable bonds is 4. The zero-order chi connectivity index (χ0) is 20.6. The maximum atomic E-state index is 12.6. The van der Waals surface area contributed by atoms with Crippen molar-refractivity contribution in [3.63, 3.8) is 0 Å². The molecule has 29 heavy (non-hydrogen) atoms. The van der Waals surface area contributed by atoms with E-state index >= 15 is 0 Å². The Bertz CT molecular complexity index is 934. The highest BCUT2D eigenvalue weighted by Crippen LogP contribution is 2.47. The lowest BCUT2D eigenvalue weighted by molar-refractivity contribution is -0.122. The quantitative estimate of drug-likeness (QED) is 0.545. The van der Waals surface area contributed by atoms with E-state index in [4.69, 9.17) is 0 Å². The number of hydrogen-bond acceptors (Lipinski definition) is 2. The fourth-order valence-electron chi connectivity index (χ4n) is 4.33. The van der Waals surface area contributed by atoms with Crippen LogP contribution in [-0.4, -0.2) is 11.6 Å². The maximum absolute atomic E-state index is 12.6. The van der Waals surface area contributed by atoms with Gasteiger partial charge in [-0.3, -0.25) is 4.79 Å². The number of hydrogen-bond donors (Lipinski definition) is 1. The molecule has 1 saturated carbocycles. The molecule has 152 valence electrons. The van der Waals surface area contributed by atoms with Crippen molar-refractivity contribution in [2.75, 3.05) is 0 Å². The van der Waals surface area contributed by atoms with Crippen LogP contribution in [0.25, 0.3) is 0 Å². The second kappa shape index (κ2) is 7.78. The molecule has 4 rings (SSSR count). The summed E-state index contributed by atoms with van der Waals surface area (Å²) >= 11 is 0. The Hall–Kier alpha value is -2.42. The van der Waals surface area contributed by atoms with Gasteiger partial charge in [0.25, 0.3) is 0 Å². The molecule has 0 saturated heterocycles. The van der Waals surface area contributed by atoms with E-state index in [0.29, 0.717) is 5.92 Å². The van der Waals surface area contributed by atoms with Crippen molar-refractivity contribution in [1.29, 1.82) is 0 Å². The monoisotopic (exact) mass is 388 g/mol. The average Bonchev–Trinajstić information content (AvgIpc) is 3.52. The fourth-order valence-corrected chi connectivity index (χ4v) is 4.33. The summed E-state index contributed by atoms with van der Waals surface area (Å²) in [5, 5.41) is 4.40. The van der Waals surface area contributed by atoms with Crippen molar-refractivity contribution in [3.8, 4) is 0 Å². The average molecular weight is 389 g/mol. The second-order valence-corrected chi connectivity index (χ2v) is 9.68. The van der Waals surface area contributed by atoms with Crippen LogP contribution in [0.4, 0.5) is 0 Å². The van der Waals surface area contributed by atoms with Crippen molar-refractivity contribution in [3.05, 3.63) is 70.3 Å². The summed E-state index contributed by atoms with van der Waals surface area (Å²) in [5.74, 6) is 0.394. The van der Waals surface area contributed by atoms with Gasteiger partial charge in [-0.15, -0.1) is 0 Å². The number of hydrazone groups is 1. The molecule has 1 N–H and O–H groups in total. The summed E-state index contributed by atoms with van der Waals surface area (Å²) < 4.78 is 0. The van der Waals surface area contributed by atoms with Crippen LogP contribution in [0.15, 0.2) is 47.6 Å². The number of nitrogens with one attached hydrogen (secondary N) is 1. The topological polar surface area (TPSA) is 41.5 Å². The number of amides is 1. The predicted molar refractivity (Wildman–Crippen MR) is 119 cm³/mol. The van der Waals surface area contributed by atoms with Gasteiger partial charge in [0, 0.05) is 5.92 Å². The van der Waals surface area contributed by atoms with E-state index < -0.39 is 0 Å². The van der Waals surface area contributed by atoms with Crippen molar-refractivity contribution >= 4 is 11.6 Å². The number of carbonyl (C=O) groups is 1. The standard InChI is InChI=1S/C26H32N2O/c1-17(20-10-9-18-7-5-6-8-21(18)15-20)27-28-25(29)24-16-23(24)19-11-13-22(14-12-19)26(2,3)4/h9-15,23-24H,5-8,16H2,1-4H3,(H,28,29)/t23-,24-/m0/s1. The lowest BCUT2D eigenvalue weighted by atomic mass is 9.86. The van der Waals surface area contributed by atoms with Crippen LogP contribution in [0.2, 0.25) is 0 Å². The predicted octanol–water partition coefficient (Wildman–Crippen LogP) is 5.51. The van der Waals surface area contributed by atoms with Gasteiger partial charge in [0.1, 0.15) is 0 Å². The highest BCUT2D eigenvalue weighted by Gasteiger charge is 2.44. The van der Waals surface area contributed by atoms with Crippen LogP contribution in [0, 0.1) is 5.92 Å². The molecule has 2 aliphatic carbocycles. The Morgan fingerprint density at radius 1 is 1.00 bits per heavy atom. The molecule has 2 aromatic carbocycles.